The molecule has 0 N–H and O–H groups in total. The number of benzene rings is 6. The lowest BCUT2D eigenvalue weighted by Crippen LogP contribution is -2.06. The van der Waals surface area contributed by atoms with Crippen molar-refractivity contribution in [2.75, 3.05) is 0 Å². The molecule has 2 aliphatic carbocycles. The van der Waals surface area contributed by atoms with Crippen molar-refractivity contribution in [3.05, 3.63) is 175 Å². The molecule has 7 aromatic rings. The third-order valence-electron chi connectivity index (χ3n) is 10.6. The Balaban J connectivity index is 1.28. The van der Waals surface area contributed by atoms with Gasteiger partial charge in [-0.1, -0.05) is 24.3 Å². The normalized spacial score (nSPS) is 13.8. The van der Waals surface area contributed by atoms with Gasteiger partial charge in [0.15, 0.2) is 69.8 Å². The maximum atomic E-state index is 16.0. The number of aromatic nitrogens is 2. The summed E-state index contributed by atoms with van der Waals surface area (Å²) in [4.78, 5) is 15.4. The zero-order chi connectivity index (χ0) is 46.1. The molecule has 64 heavy (non-hydrogen) atoms. The molecule has 6 nitrogen and oxygen atoms in total. The molecule has 0 fully saturated rings. The van der Waals surface area contributed by atoms with Crippen LogP contribution in [0.1, 0.15) is 22.5 Å². The molecule has 310 valence electrons. The number of rotatable bonds is 2. The summed E-state index contributed by atoms with van der Waals surface area (Å²) < 4.78 is 209. The minimum Gasteiger partial charge on any atom is -0.245 e. The van der Waals surface area contributed by atoms with Gasteiger partial charge in [0.25, 0.3) is 11.4 Å². The van der Waals surface area contributed by atoms with Crippen LogP contribution in [0, 0.1) is 117 Å². The van der Waals surface area contributed by atoms with Crippen LogP contribution in [0.4, 0.5) is 61.5 Å². The van der Waals surface area contributed by atoms with Crippen molar-refractivity contribution in [2.45, 2.75) is 0 Å². The average molecular weight is 885 g/mol. The SMILES string of the molecule is [C-]#[N+]/C(C#N)=C1/c2cc(-c3c(F)c(F)c4c(F)c(F)c(F)c(F)c4c3F)ccc2-c2nc3c(nc21)-c1ccc(-c2c(F)c(F)c4c(F)c(F)c(F)c(F)c4c2F)cc1/C3=C(/C#N)[N+]#[C-]. The molecule has 0 atom stereocenters. The first kappa shape index (κ1) is 40.8. The summed E-state index contributed by atoms with van der Waals surface area (Å²) in [6, 6.07) is 8.78. The lowest BCUT2D eigenvalue weighted by molar-refractivity contribution is 0.412. The van der Waals surface area contributed by atoms with Gasteiger partial charge in [-0.3, -0.25) is 0 Å². The van der Waals surface area contributed by atoms with Crippen LogP contribution in [0.25, 0.3) is 87.1 Å². The maximum Gasteiger partial charge on any atom is 0.271 e. The Morgan fingerprint density at radius 3 is 0.984 bits per heavy atom. The third-order valence-corrected chi connectivity index (χ3v) is 10.6. The first-order valence-electron chi connectivity index (χ1n) is 17.4. The molecule has 6 aromatic carbocycles. The van der Waals surface area contributed by atoms with Crippen molar-refractivity contribution < 1.29 is 61.5 Å². The van der Waals surface area contributed by atoms with E-state index in [4.69, 9.17) is 13.1 Å². The van der Waals surface area contributed by atoms with Crippen molar-refractivity contribution in [1.29, 1.82) is 10.5 Å². The number of hydrogen-bond donors (Lipinski definition) is 0. The second kappa shape index (κ2) is 14.0. The van der Waals surface area contributed by atoms with Crippen LogP contribution in [0.15, 0.2) is 47.8 Å². The van der Waals surface area contributed by atoms with Gasteiger partial charge in [0.05, 0.1) is 80.7 Å². The molecular formula is C44H6F14N6. The van der Waals surface area contributed by atoms with Crippen molar-refractivity contribution in [3.8, 4) is 56.9 Å². The highest BCUT2D eigenvalue weighted by atomic mass is 19.2. The molecular weight excluding hydrogens is 878 g/mol. The average Bonchev–Trinajstić information content (AvgIpc) is 3.77. The Bertz CT molecular complexity index is 3440. The number of allylic oxidation sites excluding steroid dienone is 2. The van der Waals surface area contributed by atoms with Gasteiger partial charge in [0, 0.05) is 22.3 Å². The number of halogens is 14. The van der Waals surface area contributed by atoms with Crippen molar-refractivity contribution >= 4 is 32.7 Å². The predicted molar refractivity (Wildman–Crippen MR) is 195 cm³/mol. The van der Waals surface area contributed by atoms with E-state index in [-0.39, 0.29) is 45.0 Å². The molecule has 9 rings (SSSR count). The maximum absolute atomic E-state index is 16.0. The Hall–Kier alpha value is -8.62. The van der Waals surface area contributed by atoms with Gasteiger partial charge >= 0.3 is 0 Å². The first-order chi connectivity index (χ1) is 30.4. The molecule has 0 amide bonds. The molecule has 0 saturated heterocycles. The van der Waals surface area contributed by atoms with Crippen LogP contribution < -0.4 is 0 Å². The second-order valence-corrected chi connectivity index (χ2v) is 13.7. The van der Waals surface area contributed by atoms with E-state index in [1.807, 2.05) is 0 Å². The summed E-state index contributed by atoms with van der Waals surface area (Å²) in [5.41, 5.74) is -8.42. The molecule has 0 saturated carbocycles. The summed E-state index contributed by atoms with van der Waals surface area (Å²) in [6.45, 7) is 15.4. The summed E-state index contributed by atoms with van der Waals surface area (Å²) in [5, 5.41) is 12.7. The topological polar surface area (TPSA) is 82.1 Å². The zero-order valence-corrected chi connectivity index (χ0v) is 30.4. The third kappa shape index (κ3) is 5.10. The number of fused-ring (bicyclic) bond motifs is 8. The van der Waals surface area contributed by atoms with E-state index >= 15 is 26.3 Å². The monoisotopic (exact) mass is 884 g/mol. The Morgan fingerprint density at radius 2 is 0.688 bits per heavy atom. The van der Waals surface area contributed by atoms with Gasteiger partial charge in [-0.25, -0.2) is 91.6 Å². The number of hydrogen-bond acceptors (Lipinski definition) is 4. The van der Waals surface area contributed by atoms with E-state index in [9.17, 15) is 45.6 Å². The van der Waals surface area contributed by atoms with E-state index in [0.29, 0.717) is 0 Å². The first-order valence-corrected chi connectivity index (χ1v) is 17.4. The van der Waals surface area contributed by atoms with Crippen molar-refractivity contribution in [2.24, 2.45) is 0 Å². The molecule has 0 aliphatic heterocycles. The Kier molecular flexibility index (Phi) is 8.89. The van der Waals surface area contributed by atoms with E-state index in [1.54, 1.807) is 12.1 Å². The summed E-state index contributed by atoms with van der Waals surface area (Å²) in [5.74, 6) is -33.0. The van der Waals surface area contributed by atoms with Crippen LogP contribution >= 0.6 is 0 Å². The Morgan fingerprint density at radius 1 is 0.391 bits per heavy atom. The van der Waals surface area contributed by atoms with Crippen LogP contribution in [0.2, 0.25) is 0 Å². The second-order valence-electron chi connectivity index (χ2n) is 13.7. The quantitative estimate of drug-likeness (QED) is 0.0569. The fourth-order valence-electron chi connectivity index (χ4n) is 7.87. The summed E-state index contributed by atoms with van der Waals surface area (Å²) in [7, 11) is 0. The van der Waals surface area contributed by atoms with E-state index in [1.165, 1.54) is 0 Å². The highest BCUT2D eigenvalue weighted by Crippen LogP contribution is 2.52. The van der Waals surface area contributed by atoms with Crippen molar-refractivity contribution in [1.82, 2.24) is 9.97 Å². The molecule has 0 radical (unpaired) electrons. The minimum absolute atomic E-state index is 0.0982. The van der Waals surface area contributed by atoms with Crippen LogP contribution in [0.5, 0.6) is 0 Å². The molecule has 0 spiro atoms. The fourth-order valence-corrected chi connectivity index (χ4v) is 7.87. The van der Waals surface area contributed by atoms with E-state index in [2.05, 4.69) is 19.7 Å². The van der Waals surface area contributed by atoms with Gasteiger partial charge in [0.1, 0.15) is 11.6 Å². The fraction of sp³-hybridized carbons (Fsp3) is 0. The van der Waals surface area contributed by atoms with Gasteiger partial charge in [-0.2, -0.15) is 0 Å². The summed E-state index contributed by atoms with van der Waals surface area (Å²) >= 11 is 0. The predicted octanol–water partition coefficient (Wildman–Crippen LogP) is 12.4. The van der Waals surface area contributed by atoms with Crippen LogP contribution in [-0.4, -0.2) is 9.97 Å². The molecule has 2 aliphatic rings. The summed E-state index contributed by atoms with van der Waals surface area (Å²) in [6.07, 6.45) is 0. The largest absolute Gasteiger partial charge is 0.271 e. The van der Waals surface area contributed by atoms with Gasteiger partial charge in [0.2, 0.25) is 0 Å². The minimum atomic E-state index is -2.55. The highest BCUT2D eigenvalue weighted by Gasteiger charge is 2.39. The van der Waals surface area contributed by atoms with Gasteiger partial charge in [-0.15, -0.1) is 0 Å². The van der Waals surface area contributed by atoms with E-state index < -0.39 is 148 Å². The van der Waals surface area contributed by atoms with Crippen molar-refractivity contribution in [3.63, 3.8) is 0 Å². The number of nitriles is 2. The zero-order valence-electron chi connectivity index (χ0n) is 30.4. The van der Waals surface area contributed by atoms with E-state index in [0.717, 1.165) is 36.4 Å². The van der Waals surface area contributed by atoms with Gasteiger partial charge < -0.3 is 0 Å². The molecule has 1 heterocycles. The molecule has 20 heteroatoms. The number of nitrogens with zero attached hydrogens (tertiary/aromatic N) is 6. The van der Waals surface area contributed by atoms with Crippen LogP contribution in [0.3, 0.4) is 0 Å². The molecule has 0 bridgehead atoms. The highest BCUT2D eigenvalue weighted by molar-refractivity contribution is 6.07. The standard InChI is InChI=1S/C44H6F14N6/c1-61-17(9-59)21-15-7-11(19-27(45)23-25(31(49)29(19)47)35(53)39(57)37(55)33(23)51)3-5-13(15)41-43(21)63-42-14-6-4-12(8-16(14)22(44(42)64-41)18(10-60)62-2)20-28(46)24-26(32(50)30(20)48)36(54)40(58)38(56)34(24)52/h3-8H/b21-17-,22-18+. The van der Waals surface area contributed by atoms with Crippen LogP contribution in [-0.2, 0) is 0 Å². The Labute approximate surface area is 345 Å². The molecule has 0 unspecified atom stereocenters. The lowest BCUT2D eigenvalue weighted by Gasteiger charge is -2.14. The van der Waals surface area contributed by atoms with Gasteiger partial charge in [-0.05, 0) is 34.4 Å². The lowest BCUT2D eigenvalue weighted by atomic mass is 9.94. The molecule has 1 aromatic heterocycles. The smallest absolute Gasteiger partial charge is 0.245 e.